The fourth-order valence-corrected chi connectivity index (χ4v) is 1.74. The number of phenolic OH excluding ortho intramolecular Hbond substituents is 1. The summed E-state index contributed by atoms with van der Waals surface area (Å²) in [5.74, 6) is 0.321. The van der Waals surface area contributed by atoms with Crippen LogP contribution in [0.15, 0.2) is 18.2 Å². The van der Waals surface area contributed by atoms with Crippen LogP contribution in [0.3, 0.4) is 0 Å². The normalized spacial score (nSPS) is 14.4. The van der Waals surface area contributed by atoms with Gasteiger partial charge in [0.2, 0.25) is 0 Å². The summed E-state index contributed by atoms with van der Waals surface area (Å²) >= 11 is 0. The Morgan fingerprint density at radius 1 is 1.39 bits per heavy atom. The third-order valence-corrected chi connectivity index (χ3v) is 2.99. The van der Waals surface area contributed by atoms with E-state index in [-0.39, 0.29) is 0 Å². The van der Waals surface area contributed by atoms with Crippen molar-refractivity contribution in [1.29, 1.82) is 0 Å². The van der Waals surface area contributed by atoms with E-state index in [9.17, 15) is 10.2 Å². The van der Waals surface area contributed by atoms with E-state index in [1.54, 1.807) is 14.0 Å². The molecular weight excluding hydrogens is 230 g/mol. The molecule has 0 aliphatic rings. The maximum absolute atomic E-state index is 10.0. The fraction of sp³-hybridized carbons (Fsp3) is 0.571. The van der Waals surface area contributed by atoms with Gasteiger partial charge in [0.15, 0.2) is 0 Å². The zero-order chi connectivity index (χ0) is 13.6. The van der Waals surface area contributed by atoms with Gasteiger partial charge in [0, 0.05) is 38.8 Å². The lowest BCUT2D eigenvalue weighted by molar-refractivity contribution is 0.0247. The Morgan fingerprint density at radius 3 is 2.78 bits per heavy atom. The minimum absolute atomic E-state index is 0.321. The number of nitrogens with one attached hydrogen (secondary N) is 1. The number of ether oxygens (including phenoxy) is 1. The lowest BCUT2D eigenvalue weighted by Gasteiger charge is -2.23. The summed E-state index contributed by atoms with van der Waals surface area (Å²) in [6, 6.07) is 5.65. The highest BCUT2D eigenvalue weighted by Crippen LogP contribution is 2.21. The second-order valence-electron chi connectivity index (χ2n) is 4.93. The average Bonchev–Trinajstić information content (AvgIpc) is 2.32. The lowest BCUT2D eigenvalue weighted by Crippen LogP contribution is -2.38. The fourth-order valence-electron chi connectivity index (χ4n) is 1.74. The van der Waals surface area contributed by atoms with Crippen LogP contribution < -0.4 is 5.32 Å². The molecule has 0 radical (unpaired) electrons. The number of hydrogen-bond acceptors (Lipinski definition) is 4. The largest absolute Gasteiger partial charge is 0.507 e. The second-order valence-corrected chi connectivity index (χ2v) is 4.93. The van der Waals surface area contributed by atoms with Crippen molar-refractivity contribution >= 4 is 0 Å². The molecule has 0 spiro atoms. The van der Waals surface area contributed by atoms with Gasteiger partial charge in [0.25, 0.3) is 0 Å². The summed E-state index contributed by atoms with van der Waals surface area (Å²) in [6.07, 6.45) is 0.580. The molecule has 0 amide bonds. The average molecular weight is 253 g/mol. The van der Waals surface area contributed by atoms with E-state index in [1.807, 2.05) is 25.1 Å². The summed E-state index contributed by atoms with van der Waals surface area (Å²) in [5, 5.41) is 23.0. The summed E-state index contributed by atoms with van der Waals surface area (Å²) in [5.41, 5.74) is 0.910. The summed E-state index contributed by atoms with van der Waals surface area (Å²) in [4.78, 5) is 0. The monoisotopic (exact) mass is 253 g/mol. The molecule has 1 aromatic rings. The van der Waals surface area contributed by atoms with Gasteiger partial charge in [0.05, 0.1) is 5.60 Å². The smallest absolute Gasteiger partial charge is 0.122 e. The Bertz CT molecular complexity index is 377. The van der Waals surface area contributed by atoms with Crippen molar-refractivity contribution < 1.29 is 14.9 Å². The first-order chi connectivity index (χ1) is 8.46. The first-order valence-corrected chi connectivity index (χ1v) is 6.16. The molecule has 0 saturated heterocycles. The van der Waals surface area contributed by atoms with Crippen LogP contribution in [-0.4, -0.2) is 36.1 Å². The van der Waals surface area contributed by atoms with Crippen LogP contribution in [0.1, 0.15) is 24.5 Å². The van der Waals surface area contributed by atoms with Crippen LogP contribution in [0.2, 0.25) is 0 Å². The Labute approximate surface area is 109 Å². The topological polar surface area (TPSA) is 61.7 Å². The number of aromatic hydroxyl groups is 1. The number of methoxy groups -OCH3 is 1. The second kappa shape index (κ2) is 6.73. The molecular formula is C14H23NO3. The summed E-state index contributed by atoms with van der Waals surface area (Å²) in [6.45, 7) is 5.17. The Kier molecular flexibility index (Phi) is 5.59. The van der Waals surface area contributed by atoms with Gasteiger partial charge in [0.1, 0.15) is 5.75 Å². The molecule has 102 valence electrons. The summed E-state index contributed by atoms with van der Waals surface area (Å²) < 4.78 is 4.95. The van der Waals surface area contributed by atoms with Crippen LogP contribution in [0.4, 0.5) is 0 Å². The molecule has 0 fully saturated rings. The number of aryl methyl sites for hydroxylation is 1. The third kappa shape index (κ3) is 4.64. The van der Waals surface area contributed by atoms with Crippen LogP contribution in [0.25, 0.3) is 0 Å². The van der Waals surface area contributed by atoms with Gasteiger partial charge in [-0.15, -0.1) is 0 Å². The lowest BCUT2D eigenvalue weighted by atomic mass is 10.0. The van der Waals surface area contributed by atoms with Crippen LogP contribution in [0.5, 0.6) is 5.75 Å². The zero-order valence-corrected chi connectivity index (χ0v) is 11.4. The van der Waals surface area contributed by atoms with E-state index in [4.69, 9.17) is 4.74 Å². The van der Waals surface area contributed by atoms with Crippen molar-refractivity contribution in [1.82, 2.24) is 5.32 Å². The van der Waals surface area contributed by atoms with Gasteiger partial charge in [-0.2, -0.15) is 0 Å². The van der Waals surface area contributed by atoms with Crippen molar-refractivity contribution in [2.75, 3.05) is 20.3 Å². The molecule has 0 aliphatic heterocycles. The minimum atomic E-state index is -0.796. The van der Waals surface area contributed by atoms with Gasteiger partial charge in [-0.1, -0.05) is 18.2 Å². The molecule has 1 atom stereocenters. The third-order valence-electron chi connectivity index (χ3n) is 2.99. The molecule has 1 aromatic carbocycles. The maximum atomic E-state index is 10.0. The van der Waals surface area contributed by atoms with Crippen molar-refractivity contribution in [2.45, 2.75) is 32.4 Å². The standard InChI is InChI=1S/C14H23NO3/c1-11-5-4-6-12(13(11)16)9-15-10-14(2,17)7-8-18-3/h4-6,15-17H,7-10H2,1-3H3. The van der Waals surface area contributed by atoms with E-state index in [0.717, 1.165) is 11.1 Å². The van der Waals surface area contributed by atoms with Crippen LogP contribution in [0, 0.1) is 6.92 Å². The molecule has 0 aromatic heterocycles. The molecule has 4 heteroatoms. The summed E-state index contributed by atoms with van der Waals surface area (Å²) in [7, 11) is 1.62. The van der Waals surface area contributed by atoms with E-state index in [0.29, 0.717) is 31.9 Å². The van der Waals surface area contributed by atoms with E-state index in [2.05, 4.69) is 5.32 Å². The van der Waals surface area contributed by atoms with Crippen LogP contribution in [-0.2, 0) is 11.3 Å². The minimum Gasteiger partial charge on any atom is -0.507 e. The molecule has 0 saturated carbocycles. The van der Waals surface area contributed by atoms with Gasteiger partial charge in [-0.05, 0) is 19.4 Å². The highest BCUT2D eigenvalue weighted by atomic mass is 16.5. The first kappa shape index (κ1) is 15.0. The molecule has 3 N–H and O–H groups in total. The number of hydrogen-bond donors (Lipinski definition) is 3. The number of rotatable bonds is 7. The molecule has 4 nitrogen and oxygen atoms in total. The van der Waals surface area contributed by atoms with E-state index < -0.39 is 5.60 Å². The number of phenols is 1. The van der Waals surface area contributed by atoms with Gasteiger partial charge < -0.3 is 20.3 Å². The van der Waals surface area contributed by atoms with E-state index >= 15 is 0 Å². The maximum Gasteiger partial charge on any atom is 0.122 e. The Morgan fingerprint density at radius 2 is 2.11 bits per heavy atom. The van der Waals surface area contributed by atoms with E-state index in [1.165, 1.54) is 0 Å². The van der Waals surface area contributed by atoms with Crippen LogP contribution >= 0.6 is 0 Å². The molecule has 0 bridgehead atoms. The van der Waals surface area contributed by atoms with Gasteiger partial charge >= 0.3 is 0 Å². The highest BCUT2D eigenvalue weighted by Gasteiger charge is 2.19. The Balaban J connectivity index is 2.44. The zero-order valence-electron chi connectivity index (χ0n) is 11.4. The first-order valence-electron chi connectivity index (χ1n) is 6.16. The number of para-hydroxylation sites is 1. The molecule has 1 rings (SSSR count). The Hall–Kier alpha value is -1.10. The SMILES string of the molecule is COCCC(C)(O)CNCc1cccc(C)c1O. The number of aliphatic hydroxyl groups is 1. The quantitative estimate of drug-likeness (QED) is 0.690. The molecule has 18 heavy (non-hydrogen) atoms. The van der Waals surface area contributed by atoms with Crippen molar-refractivity contribution in [3.8, 4) is 5.75 Å². The number of benzene rings is 1. The predicted octanol–water partition coefficient (Wildman–Crippen LogP) is 1.58. The highest BCUT2D eigenvalue weighted by molar-refractivity contribution is 5.39. The predicted molar refractivity (Wildman–Crippen MR) is 71.7 cm³/mol. The molecule has 0 aliphatic carbocycles. The van der Waals surface area contributed by atoms with Crippen molar-refractivity contribution in [3.63, 3.8) is 0 Å². The van der Waals surface area contributed by atoms with Gasteiger partial charge in [-0.25, -0.2) is 0 Å². The molecule has 1 unspecified atom stereocenters. The molecule has 0 heterocycles. The van der Waals surface area contributed by atoms with Gasteiger partial charge in [-0.3, -0.25) is 0 Å². The van der Waals surface area contributed by atoms with Crippen molar-refractivity contribution in [3.05, 3.63) is 29.3 Å². The van der Waals surface area contributed by atoms with Crippen molar-refractivity contribution in [2.24, 2.45) is 0 Å².